The number of urea groups is 1. The van der Waals surface area contributed by atoms with Gasteiger partial charge in [0, 0.05) is 17.7 Å². The normalized spacial score (nSPS) is 17.4. The predicted molar refractivity (Wildman–Crippen MR) is 137 cm³/mol. The van der Waals surface area contributed by atoms with Crippen LogP contribution in [0.1, 0.15) is 43.6 Å². The Morgan fingerprint density at radius 3 is 2.11 bits per heavy atom. The highest BCUT2D eigenvalue weighted by molar-refractivity contribution is 5.99. The number of carbonyl (C=O) groups is 2. The van der Waals surface area contributed by atoms with Gasteiger partial charge in [-0.2, -0.15) is 0 Å². The molecule has 1 aromatic heterocycles. The minimum atomic E-state index is -4.78. The van der Waals surface area contributed by atoms with Gasteiger partial charge < -0.3 is 20.1 Å². The molecule has 7 nitrogen and oxygen atoms in total. The average Bonchev–Trinajstić information content (AvgIpc) is 2.90. The number of benzene rings is 2. The molecule has 3 aromatic rings. The molecule has 1 aliphatic carbocycles. The Bertz CT molecular complexity index is 1220. The number of alkyl halides is 3. The highest BCUT2D eigenvalue weighted by Crippen LogP contribution is 2.37. The number of ether oxygens (including phenoxy) is 2. The first-order valence-corrected chi connectivity index (χ1v) is 12.3. The minimum absolute atomic E-state index is 0.139. The molecule has 0 radical (unpaired) electrons. The van der Waals surface area contributed by atoms with Gasteiger partial charge in [-0.15, -0.1) is 13.2 Å². The van der Waals surface area contributed by atoms with E-state index in [1.807, 2.05) is 12.1 Å². The molecule has 1 aliphatic rings. The minimum Gasteiger partial charge on any atom is -0.469 e. The van der Waals surface area contributed by atoms with Gasteiger partial charge in [0.15, 0.2) is 0 Å². The summed E-state index contributed by atoms with van der Waals surface area (Å²) in [5.41, 5.74) is 3.75. The molecule has 2 amide bonds. The summed E-state index contributed by atoms with van der Waals surface area (Å²) in [6.45, 7) is 0. The topological polar surface area (TPSA) is 89.5 Å². The molecule has 0 unspecified atom stereocenters. The number of pyridine rings is 1. The first-order valence-electron chi connectivity index (χ1n) is 12.3. The van der Waals surface area contributed by atoms with Crippen LogP contribution in [0.25, 0.3) is 11.3 Å². The van der Waals surface area contributed by atoms with E-state index in [-0.39, 0.29) is 11.7 Å². The summed E-state index contributed by atoms with van der Waals surface area (Å²) < 4.78 is 45.4. The summed E-state index contributed by atoms with van der Waals surface area (Å²) >= 11 is 0. The molecular weight excluding hydrogens is 499 g/mol. The maximum absolute atomic E-state index is 12.3. The van der Waals surface area contributed by atoms with Crippen molar-refractivity contribution >= 4 is 23.4 Å². The van der Waals surface area contributed by atoms with E-state index < -0.39 is 12.4 Å². The second-order valence-electron chi connectivity index (χ2n) is 9.20. The van der Waals surface area contributed by atoms with Crippen LogP contribution in [0.3, 0.4) is 0 Å². The molecule has 10 heteroatoms. The van der Waals surface area contributed by atoms with Crippen molar-refractivity contribution in [2.45, 2.75) is 44.4 Å². The van der Waals surface area contributed by atoms with Crippen LogP contribution in [0.2, 0.25) is 0 Å². The highest BCUT2D eigenvalue weighted by Gasteiger charge is 2.31. The van der Waals surface area contributed by atoms with Crippen LogP contribution >= 0.6 is 0 Å². The molecule has 38 heavy (non-hydrogen) atoms. The van der Waals surface area contributed by atoms with E-state index in [2.05, 4.69) is 32.5 Å². The van der Waals surface area contributed by atoms with Crippen molar-refractivity contribution in [2.75, 3.05) is 17.7 Å². The second kappa shape index (κ2) is 12.0. The Hall–Kier alpha value is -4.08. The van der Waals surface area contributed by atoms with Crippen LogP contribution in [0.5, 0.6) is 5.75 Å². The number of carbonyl (C=O) groups excluding carboxylic acids is 2. The third-order valence-electron chi connectivity index (χ3n) is 6.57. The maximum Gasteiger partial charge on any atom is 0.573 e. The molecule has 200 valence electrons. The summed E-state index contributed by atoms with van der Waals surface area (Å²) in [7, 11) is 1.43. The zero-order chi connectivity index (χ0) is 27.1. The van der Waals surface area contributed by atoms with Crippen molar-refractivity contribution in [1.29, 1.82) is 0 Å². The molecule has 1 saturated carbocycles. The molecule has 0 atom stereocenters. The van der Waals surface area contributed by atoms with Crippen LogP contribution in [-0.4, -0.2) is 30.5 Å². The Morgan fingerprint density at radius 2 is 1.53 bits per heavy atom. The summed E-state index contributed by atoms with van der Waals surface area (Å²) in [6.07, 6.45) is 1.38. The Morgan fingerprint density at radius 1 is 0.895 bits per heavy atom. The second-order valence-corrected chi connectivity index (χ2v) is 9.20. The number of esters is 1. The van der Waals surface area contributed by atoms with Crippen LogP contribution in [-0.2, 0) is 9.53 Å². The molecule has 0 spiro atoms. The van der Waals surface area contributed by atoms with Crippen LogP contribution in [0.15, 0.2) is 66.9 Å². The fourth-order valence-electron chi connectivity index (χ4n) is 4.62. The number of anilines is 2. The highest BCUT2D eigenvalue weighted by atomic mass is 19.4. The SMILES string of the molecule is COC(=O)CC1CCC(c2ccc(-c3ccc(NC(=O)Nc4ccc(OC(F)(F)F)cc4)cn3)cc2)CC1. The van der Waals surface area contributed by atoms with Gasteiger partial charge in [-0.3, -0.25) is 9.78 Å². The fourth-order valence-corrected chi connectivity index (χ4v) is 4.62. The summed E-state index contributed by atoms with van der Waals surface area (Å²) in [4.78, 5) is 28.2. The van der Waals surface area contributed by atoms with E-state index in [1.54, 1.807) is 12.1 Å². The Kier molecular flexibility index (Phi) is 8.50. The van der Waals surface area contributed by atoms with Gasteiger partial charge in [-0.25, -0.2) is 4.79 Å². The van der Waals surface area contributed by atoms with Crippen molar-refractivity contribution < 1.29 is 32.2 Å². The monoisotopic (exact) mass is 527 g/mol. The summed E-state index contributed by atoms with van der Waals surface area (Å²) in [6, 6.07) is 16.1. The number of nitrogens with one attached hydrogen (secondary N) is 2. The van der Waals surface area contributed by atoms with Gasteiger partial charge in [-0.1, -0.05) is 24.3 Å². The van der Waals surface area contributed by atoms with E-state index in [0.29, 0.717) is 29.6 Å². The molecule has 1 heterocycles. The van der Waals surface area contributed by atoms with E-state index >= 15 is 0 Å². The van der Waals surface area contributed by atoms with Crippen molar-refractivity contribution in [3.63, 3.8) is 0 Å². The van der Waals surface area contributed by atoms with Crippen LogP contribution in [0.4, 0.5) is 29.3 Å². The molecule has 0 aliphatic heterocycles. The summed E-state index contributed by atoms with van der Waals surface area (Å²) in [5, 5.41) is 5.18. The lowest BCUT2D eigenvalue weighted by molar-refractivity contribution is -0.274. The lowest BCUT2D eigenvalue weighted by Gasteiger charge is -2.28. The molecule has 2 N–H and O–H groups in total. The number of aromatic nitrogens is 1. The zero-order valence-corrected chi connectivity index (χ0v) is 20.8. The molecule has 4 rings (SSSR count). The zero-order valence-electron chi connectivity index (χ0n) is 20.8. The van der Waals surface area contributed by atoms with Crippen LogP contribution < -0.4 is 15.4 Å². The molecule has 2 aromatic carbocycles. The number of halogens is 3. The van der Waals surface area contributed by atoms with Gasteiger partial charge >= 0.3 is 18.4 Å². The fraction of sp³-hybridized carbons (Fsp3) is 0.321. The number of hydrogen-bond acceptors (Lipinski definition) is 5. The Balaban J connectivity index is 1.28. The molecular formula is C28H28F3N3O4. The van der Waals surface area contributed by atoms with E-state index in [9.17, 15) is 22.8 Å². The van der Waals surface area contributed by atoms with Gasteiger partial charge in [0.25, 0.3) is 0 Å². The number of methoxy groups -OCH3 is 1. The lowest BCUT2D eigenvalue weighted by Crippen LogP contribution is -2.19. The largest absolute Gasteiger partial charge is 0.573 e. The lowest BCUT2D eigenvalue weighted by atomic mass is 9.77. The molecule has 0 bridgehead atoms. The predicted octanol–water partition coefficient (Wildman–Crippen LogP) is 7.13. The summed E-state index contributed by atoms with van der Waals surface area (Å²) in [5.74, 6) is 0.360. The number of hydrogen-bond donors (Lipinski definition) is 2. The van der Waals surface area contributed by atoms with Gasteiger partial charge in [0.2, 0.25) is 0 Å². The van der Waals surface area contributed by atoms with Crippen molar-refractivity contribution in [3.05, 3.63) is 72.4 Å². The maximum atomic E-state index is 12.3. The molecule has 1 fully saturated rings. The van der Waals surface area contributed by atoms with E-state index in [4.69, 9.17) is 4.74 Å². The first kappa shape index (κ1) is 27.0. The number of rotatable bonds is 7. The number of amides is 2. The van der Waals surface area contributed by atoms with E-state index in [1.165, 1.54) is 31.0 Å². The smallest absolute Gasteiger partial charge is 0.469 e. The average molecular weight is 528 g/mol. The van der Waals surface area contributed by atoms with E-state index in [0.717, 1.165) is 49.1 Å². The number of nitrogens with zero attached hydrogens (tertiary/aromatic N) is 1. The molecule has 0 saturated heterocycles. The van der Waals surface area contributed by atoms with Crippen molar-refractivity contribution in [2.24, 2.45) is 5.92 Å². The van der Waals surface area contributed by atoms with Gasteiger partial charge in [0.05, 0.1) is 24.7 Å². The van der Waals surface area contributed by atoms with Gasteiger partial charge in [-0.05, 0) is 79.5 Å². The first-order chi connectivity index (χ1) is 18.2. The Labute approximate surface area is 218 Å². The van der Waals surface area contributed by atoms with Crippen molar-refractivity contribution in [3.8, 4) is 17.0 Å². The van der Waals surface area contributed by atoms with Crippen molar-refractivity contribution in [1.82, 2.24) is 4.98 Å². The third kappa shape index (κ3) is 7.71. The van der Waals surface area contributed by atoms with Crippen LogP contribution in [0, 0.1) is 5.92 Å². The standard InChI is InChI=1S/C28H28F3N3O4/c1-37-26(35)16-18-2-4-19(5-3-18)20-6-8-21(9-7-20)25-15-12-23(17-32-25)34-27(36)33-22-10-13-24(14-11-22)38-28(29,30)31/h6-15,17-19H,2-5,16H2,1H3,(H2,33,34,36). The quantitative estimate of drug-likeness (QED) is 0.319. The third-order valence-corrected chi connectivity index (χ3v) is 6.57. The van der Waals surface area contributed by atoms with Gasteiger partial charge in [0.1, 0.15) is 5.75 Å².